The maximum atomic E-state index is 12.1. The zero-order chi connectivity index (χ0) is 12.1. The number of amides is 1. The number of carbonyl (C=O) groups excluding carboxylic acids is 1. The summed E-state index contributed by atoms with van der Waals surface area (Å²) in [5.74, 6) is 0.589. The SMILES string of the molecule is CC(C(=O)N(C)C(C)CO)C1CCOCC1. The van der Waals surface area contributed by atoms with Crippen LogP contribution < -0.4 is 0 Å². The molecule has 4 heteroatoms. The van der Waals surface area contributed by atoms with Gasteiger partial charge in [0.15, 0.2) is 0 Å². The summed E-state index contributed by atoms with van der Waals surface area (Å²) in [6.07, 6.45) is 1.93. The molecule has 1 fully saturated rings. The Hall–Kier alpha value is -0.610. The Morgan fingerprint density at radius 2 is 2.00 bits per heavy atom. The molecule has 0 saturated carbocycles. The summed E-state index contributed by atoms with van der Waals surface area (Å²) in [5.41, 5.74) is 0. The van der Waals surface area contributed by atoms with E-state index in [4.69, 9.17) is 9.84 Å². The van der Waals surface area contributed by atoms with Crippen molar-refractivity contribution in [2.75, 3.05) is 26.9 Å². The molecule has 1 aliphatic heterocycles. The van der Waals surface area contributed by atoms with Crippen molar-refractivity contribution in [2.24, 2.45) is 11.8 Å². The van der Waals surface area contributed by atoms with Crippen LogP contribution in [0.5, 0.6) is 0 Å². The van der Waals surface area contributed by atoms with Gasteiger partial charge < -0.3 is 14.7 Å². The van der Waals surface area contributed by atoms with Crippen LogP contribution in [-0.4, -0.2) is 48.8 Å². The summed E-state index contributed by atoms with van der Waals surface area (Å²) in [7, 11) is 1.76. The Labute approximate surface area is 97.6 Å². The van der Waals surface area contributed by atoms with Crippen LogP contribution in [0.3, 0.4) is 0 Å². The number of hydrogen-bond donors (Lipinski definition) is 1. The van der Waals surface area contributed by atoms with Crippen LogP contribution in [0.1, 0.15) is 26.7 Å². The minimum atomic E-state index is -0.102. The first-order valence-electron chi connectivity index (χ1n) is 6.03. The fourth-order valence-electron chi connectivity index (χ4n) is 2.08. The van der Waals surface area contributed by atoms with Gasteiger partial charge >= 0.3 is 0 Å². The number of nitrogens with zero attached hydrogens (tertiary/aromatic N) is 1. The van der Waals surface area contributed by atoms with Crippen molar-refractivity contribution in [1.82, 2.24) is 4.90 Å². The van der Waals surface area contributed by atoms with E-state index in [0.29, 0.717) is 5.92 Å². The Balaban J connectivity index is 2.51. The second-order valence-electron chi connectivity index (χ2n) is 4.72. The van der Waals surface area contributed by atoms with E-state index in [2.05, 4.69) is 0 Å². The highest BCUT2D eigenvalue weighted by Gasteiger charge is 2.29. The van der Waals surface area contributed by atoms with Crippen molar-refractivity contribution in [3.05, 3.63) is 0 Å². The summed E-state index contributed by atoms with van der Waals surface area (Å²) in [6, 6.07) is -0.102. The zero-order valence-corrected chi connectivity index (χ0v) is 10.5. The van der Waals surface area contributed by atoms with Gasteiger partial charge in [0.25, 0.3) is 0 Å². The number of rotatable bonds is 4. The molecule has 1 rings (SSSR count). The molecule has 1 heterocycles. The lowest BCUT2D eigenvalue weighted by Gasteiger charge is -2.32. The van der Waals surface area contributed by atoms with E-state index in [1.165, 1.54) is 0 Å². The molecule has 0 spiro atoms. The normalized spacial score (nSPS) is 21.5. The van der Waals surface area contributed by atoms with Gasteiger partial charge in [-0.3, -0.25) is 4.79 Å². The molecular weight excluding hydrogens is 206 g/mol. The number of carbonyl (C=O) groups is 1. The topological polar surface area (TPSA) is 49.8 Å². The predicted octanol–water partition coefficient (Wildman–Crippen LogP) is 0.888. The van der Waals surface area contributed by atoms with Gasteiger partial charge in [0.05, 0.1) is 12.6 Å². The smallest absolute Gasteiger partial charge is 0.225 e. The van der Waals surface area contributed by atoms with Crippen molar-refractivity contribution in [3.8, 4) is 0 Å². The van der Waals surface area contributed by atoms with Crippen LogP contribution in [0.25, 0.3) is 0 Å². The van der Waals surface area contributed by atoms with E-state index in [0.717, 1.165) is 26.1 Å². The first-order valence-corrected chi connectivity index (χ1v) is 6.03. The fourth-order valence-corrected chi connectivity index (χ4v) is 2.08. The first kappa shape index (κ1) is 13.5. The molecule has 2 unspecified atom stereocenters. The van der Waals surface area contributed by atoms with Crippen molar-refractivity contribution in [1.29, 1.82) is 0 Å². The summed E-state index contributed by atoms with van der Waals surface area (Å²) in [5, 5.41) is 9.03. The molecule has 0 bridgehead atoms. The number of likely N-dealkylation sites (N-methyl/N-ethyl adjacent to an activating group) is 1. The van der Waals surface area contributed by atoms with Gasteiger partial charge in [-0.25, -0.2) is 0 Å². The van der Waals surface area contributed by atoms with Gasteiger partial charge in [0, 0.05) is 26.2 Å². The number of ether oxygens (including phenoxy) is 1. The Bertz CT molecular complexity index is 226. The quantitative estimate of drug-likeness (QED) is 0.779. The average Bonchev–Trinajstić information content (AvgIpc) is 2.36. The highest BCUT2D eigenvalue weighted by atomic mass is 16.5. The number of hydrogen-bond acceptors (Lipinski definition) is 3. The minimum Gasteiger partial charge on any atom is -0.394 e. The first-order chi connectivity index (χ1) is 7.57. The lowest BCUT2D eigenvalue weighted by atomic mass is 9.86. The maximum absolute atomic E-state index is 12.1. The molecule has 0 aromatic heterocycles. The zero-order valence-electron chi connectivity index (χ0n) is 10.5. The van der Waals surface area contributed by atoms with Crippen LogP contribution in [0.2, 0.25) is 0 Å². The standard InChI is InChI=1S/C12H23NO3/c1-9(8-14)13(3)12(15)10(2)11-4-6-16-7-5-11/h9-11,14H,4-8H2,1-3H3. The van der Waals surface area contributed by atoms with Gasteiger partial charge in [0.2, 0.25) is 5.91 Å². The van der Waals surface area contributed by atoms with Crippen LogP contribution >= 0.6 is 0 Å². The van der Waals surface area contributed by atoms with Crippen LogP contribution in [0, 0.1) is 11.8 Å². The van der Waals surface area contributed by atoms with E-state index >= 15 is 0 Å². The Morgan fingerprint density at radius 3 is 2.50 bits per heavy atom. The molecule has 1 amide bonds. The molecule has 0 radical (unpaired) electrons. The average molecular weight is 229 g/mol. The Kier molecular flexibility index (Phi) is 5.22. The molecule has 0 aliphatic carbocycles. The maximum Gasteiger partial charge on any atom is 0.225 e. The summed E-state index contributed by atoms with van der Waals surface area (Å²) in [6.45, 7) is 5.39. The molecule has 1 aliphatic rings. The molecule has 1 saturated heterocycles. The Morgan fingerprint density at radius 1 is 1.44 bits per heavy atom. The van der Waals surface area contributed by atoms with Gasteiger partial charge in [-0.2, -0.15) is 0 Å². The van der Waals surface area contributed by atoms with Crippen LogP contribution in [0.15, 0.2) is 0 Å². The van der Waals surface area contributed by atoms with E-state index in [9.17, 15) is 4.79 Å². The molecule has 0 aromatic carbocycles. The van der Waals surface area contributed by atoms with Crippen LogP contribution in [0.4, 0.5) is 0 Å². The van der Waals surface area contributed by atoms with E-state index in [1.54, 1.807) is 11.9 Å². The largest absolute Gasteiger partial charge is 0.394 e. The number of aliphatic hydroxyl groups is 1. The van der Waals surface area contributed by atoms with Gasteiger partial charge in [-0.05, 0) is 25.7 Å². The lowest BCUT2D eigenvalue weighted by molar-refractivity contribution is -0.139. The third-order valence-corrected chi connectivity index (χ3v) is 3.64. The van der Waals surface area contributed by atoms with Crippen molar-refractivity contribution in [3.63, 3.8) is 0 Å². The third-order valence-electron chi connectivity index (χ3n) is 3.64. The summed E-state index contributed by atoms with van der Waals surface area (Å²) in [4.78, 5) is 13.8. The third kappa shape index (κ3) is 3.19. The highest BCUT2D eigenvalue weighted by Crippen LogP contribution is 2.25. The fraction of sp³-hybridized carbons (Fsp3) is 0.917. The predicted molar refractivity (Wildman–Crippen MR) is 62.0 cm³/mol. The molecule has 0 aromatic rings. The summed E-state index contributed by atoms with van der Waals surface area (Å²) < 4.78 is 5.29. The van der Waals surface area contributed by atoms with Gasteiger partial charge in [-0.1, -0.05) is 6.92 Å². The monoisotopic (exact) mass is 229 g/mol. The molecule has 2 atom stereocenters. The molecule has 16 heavy (non-hydrogen) atoms. The van der Waals surface area contributed by atoms with Crippen molar-refractivity contribution in [2.45, 2.75) is 32.7 Å². The van der Waals surface area contributed by atoms with E-state index in [1.807, 2.05) is 13.8 Å². The van der Waals surface area contributed by atoms with Crippen LogP contribution in [-0.2, 0) is 9.53 Å². The molecular formula is C12H23NO3. The minimum absolute atomic E-state index is 0.0166. The molecule has 94 valence electrons. The van der Waals surface area contributed by atoms with Gasteiger partial charge in [-0.15, -0.1) is 0 Å². The van der Waals surface area contributed by atoms with E-state index < -0.39 is 0 Å². The van der Waals surface area contributed by atoms with Crippen molar-refractivity contribution < 1.29 is 14.6 Å². The molecule has 1 N–H and O–H groups in total. The van der Waals surface area contributed by atoms with Gasteiger partial charge in [0.1, 0.15) is 0 Å². The summed E-state index contributed by atoms with van der Waals surface area (Å²) >= 11 is 0. The lowest BCUT2D eigenvalue weighted by Crippen LogP contribution is -2.43. The molecule has 4 nitrogen and oxygen atoms in total. The second-order valence-corrected chi connectivity index (χ2v) is 4.72. The second kappa shape index (κ2) is 6.21. The van der Waals surface area contributed by atoms with Crippen molar-refractivity contribution >= 4 is 5.91 Å². The number of aliphatic hydroxyl groups excluding tert-OH is 1. The van der Waals surface area contributed by atoms with E-state index in [-0.39, 0.29) is 24.5 Å². The highest BCUT2D eigenvalue weighted by molar-refractivity contribution is 5.78.